The van der Waals surface area contributed by atoms with Crippen molar-refractivity contribution in [1.82, 2.24) is 0 Å². The van der Waals surface area contributed by atoms with Crippen molar-refractivity contribution in [2.45, 2.75) is 25.1 Å². The van der Waals surface area contributed by atoms with Crippen LogP contribution < -0.4 is 0 Å². The molecule has 1 aromatic carbocycles. The highest BCUT2D eigenvalue weighted by Gasteiger charge is 2.17. The molecule has 1 nitrogen and oxygen atoms in total. The molecule has 0 amide bonds. The molecule has 0 aliphatic carbocycles. The molecule has 15 heavy (non-hydrogen) atoms. The van der Waals surface area contributed by atoms with E-state index in [4.69, 9.17) is 0 Å². The van der Waals surface area contributed by atoms with Crippen molar-refractivity contribution in [3.63, 3.8) is 0 Å². The Morgan fingerprint density at radius 1 is 1.47 bits per heavy atom. The van der Waals surface area contributed by atoms with E-state index in [0.717, 1.165) is 0 Å². The van der Waals surface area contributed by atoms with Crippen molar-refractivity contribution in [2.24, 2.45) is 0 Å². The van der Waals surface area contributed by atoms with Gasteiger partial charge in [0.15, 0.2) is 0 Å². The average molecular weight is 277 g/mol. The number of carbonyl (C=O) groups excluding carboxylic acids is 1. The minimum absolute atomic E-state index is 0.0351. The zero-order valence-corrected chi connectivity index (χ0v) is 10.1. The summed E-state index contributed by atoms with van der Waals surface area (Å²) in [5.74, 6) is -1.32. The molecule has 1 unspecified atom stereocenters. The molecule has 0 aliphatic rings. The number of ketones is 1. The third-order valence-corrected chi connectivity index (χ3v) is 3.17. The van der Waals surface area contributed by atoms with E-state index in [9.17, 15) is 13.6 Å². The van der Waals surface area contributed by atoms with Crippen molar-refractivity contribution in [1.29, 1.82) is 0 Å². The minimum Gasteiger partial charge on any atom is -0.299 e. The predicted molar refractivity (Wildman–Crippen MR) is 58.2 cm³/mol. The molecule has 1 aromatic rings. The molecule has 82 valence electrons. The van der Waals surface area contributed by atoms with Crippen LogP contribution in [0.3, 0.4) is 0 Å². The van der Waals surface area contributed by atoms with Crippen molar-refractivity contribution in [2.75, 3.05) is 0 Å². The average Bonchev–Trinajstić information content (AvgIpc) is 2.18. The second-order valence-electron chi connectivity index (χ2n) is 3.44. The van der Waals surface area contributed by atoms with Gasteiger partial charge < -0.3 is 0 Å². The van der Waals surface area contributed by atoms with Crippen LogP contribution in [0.1, 0.15) is 18.1 Å². The van der Waals surface area contributed by atoms with E-state index in [0.29, 0.717) is 5.56 Å². The summed E-state index contributed by atoms with van der Waals surface area (Å²) in [4.78, 5) is 10.4. The van der Waals surface area contributed by atoms with E-state index in [-0.39, 0.29) is 17.8 Å². The van der Waals surface area contributed by atoms with Gasteiger partial charge in [-0.15, -0.1) is 0 Å². The highest BCUT2D eigenvalue weighted by atomic mass is 79.9. The number of rotatable bonds is 3. The number of benzene rings is 1. The SMILES string of the molecule is CC(=O)C(Br)Cc1c(F)ccc(C)c1F. The molecule has 4 heteroatoms. The van der Waals surface area contributed by atoms with Gasteiger partial charge in [-0.3, -0.25) is 4.79 Å². The van der Waals surface area contributed by atoms with Gasteiger partial charge in [-0.2, -0.15) is 0 Å². The van der Waals surface area contributed by atoms with E-state index < -0.39 is 16.5 Å². The molecule has 1 atom stereocenters. The maximum atomic E-state index is 13.5. The van der Waals surface area contributed by atoms with Gasteiger partial charge in [0, 0.05) is 5.56 Å². The number of hydrogen-bond donors (Lipinski definition) is 0. The fourth-order valence-electron chi connectivity index (χ4n) is 1.22. The van der Waals surface area contributed by atoms with Gasteiger partial charge in [0.05, 0.1) is 4.83 Å². The van der Waals surface area contributed by atoms with Crippen molar-refractivity contribution in [3.8, 4) is 0 Å². The van der Waals surface area contributed by atoms with Gasteiger partial charge >= 0.3 is 0 Å². The lowest BCUT2D eigenvalue weighted by Crippen LogP contribution is -2.15. The molecule has 0 radical (unpaired) electrons. The maximum absolute atomic E-state index is 13.5. The van der Waals surface area contributed by atoms with Crippen LogP contribution in [-0.2, 0) is 11.2 Å². The summed E-state index contributed by atoms with van der Waals surface area (Å²) in [5, 5.41) is 0. The van der Waals surface area contributed by atoms with Gasteiger partial charge in [-0.1, -0.05) is 22.0 Å². The summed E-state index contributed by atoms with van der Waals surface area (Å²) in [5.41, 5.74) is 0.349. The molecule has 1 rings (SSSR count). The summed E-state index contributed by atoms with van der Waals surface area (Å²) in [7, 11) is 0. The quantitative estimate of drug-likeness (QED) is 0.775. The molecular weight excluding hydrogens is 266 g/mol. The Labute approximate surface area is 95.6 Å². The number of carbonyl (C=O) groups is 1. The Morgan fingerprint density at radius 3 is 2.60 bits per heavy atom. The van der Waals surface area contributed by atoms with Gasteiger partial charge in [0.25, 0.3) is 0 Å². The van der Waals surface area contributed by atoms with E-state index >= 15 is 0 Å². The van der Waals surface area contributed by atoms with E-state index in [1.54, 1.807) is 6.92 Å². The standard InChI is InChI=1S/C11H11BrF2O/c1-6-3-4-10(13)8(11(6)14)5-9(12)7(2)15/h3-4,9H,5H2,1-2H3. The normalized spacial score (nSPS) is 12.6. The lowest BCUT2D eigenvalue weighted by atomic mass is 10.0. The number of alkyl halides is 1. The molecule has 0 bridgehead atoms. The highest BCUT2D eigenvalue weighted by molar-refractivity contribution is 9.10. The molecule has 0 saturated heterocycles. The Bertz CT molecular complexity index is 390. The van der Waals surface area contributed by atoms with Gasteiger partial charge in [0.2, 0.25) is 0 Å². The molecule has 0 fully saturated rings. The van der Waals surface area contributed by atoms with E-state index in [1.165, 1.54) is 19.1 Å². The first-order valence-electron chi connectivity index (χ1n) is 4.51. The van der Waals surface area contributed by atoms with Crippen LogP contribution in [0.5, 0.6) is 0 Å². The zero-order valence-electron chi connectivity index (χ0n) is 8.48. The fourth-order valence-corrected chi connectivity index (χ4v) is 1.55. The summed E-state index contributed by atoms with van der Waals surface area (Å²) < 4.78 is 26.8. The summed E-state index contributed by atoms with van der Waals surface area (Å²) in [6, 6.07) is 2.60. The smallest absolute Gasteiger partial charge is 0.143 e. The Hall–Kier alpha value is -0.770. The van der Waals surface area contributed by atoms with Crippen LogP contribution in [0, 0.1) is 18.6 Å². The first kappa shape index (κ1) is 12.3. The lowest BCUT2D eigenvalue weighted by Gasteiger charge is -2.09. The second-order valence-corrected chi connectivity index (χ2v) is 4.54. The highest BCUT2D eigenvalue weighted by Crippen LogP contribution is 2.20. The first-order chi connectivity index (χ1) is 6.93. The molecule has 0 aromatic heterocycles. The van der Waals surface area contributed by atoms with Gasteiger partial charge in [0.1, 0.15) is 17.4 Å². The summed E-state index contributed by atoms with van der Waals surface area (Å²) in [6.45, 7) is 2.94. The lowest BCUT2D eigenvalue weighted by molar-refractivity contribution is -0.116. The van der Waals surface area contributed by atoms with Gasteiger partial charge in [-0.25, -0.2) is 8.78 Å². The van der Waals surface area contributed by atoms with E-state index in [1.807, 2.05) is 0 Å². The minimum atomic E-state index is -0.608. The van der Waals surface area contributed by atoms with E-state index in [2.05, 4.69) is 15.9 Å². The van der Waals surface area contributed by atoms with Crippen molar-refractivity contribution in [3.05, 3.63) is 34.9 Å². The summed E-state index contributed by atoms with van der Waals surface area (Å²) >= 11 is 3.09. The number of hydrogen-bond acceptors (Lipinski definition) is 1. The topological polar surface area (TPSA) is 17.1 Å². The molecule has 0 N–H and O–H groups in total. The Balaban J connectivity index is 3.03. The molecular formula is C11H11BrF2O. The maximum Gasteiger partial charge on any atom is 0.143 e. The zero-order chi connectivity index (χ0) is 11.6. The largest absolute Gasteiger partial charge is 0.299 e. The fraction of sp³-hybridized carbons (Fsp3) is 0.364. The van der Waals surface area contributed by atoms with Crippen molar-refractivity contribution >= 4 is 21.7 Å². The molecule has 0 spiro atoms. The number of halogens is 3. The van der Waals surface area contributed by atoms with Crippen LogP contribution in [0.25, 0.3) is 0 Å². The summed E-state index contributed by atoms with van der Waals surface area (Å²) in [6.07, 6.45) is 0.0364. The molecule has 0 aliphatic heterocycles. The van der Waals surface area contributed by atoms with Crippen LogP contribution in [0.2, 0.25) is 0 Å². The Morgan fingerprint density at radius 2 is 2.07 bits per heavy atom. The van der Waals surface area contributed by atoms with Gasteiger partial charge in [-0.05, 0) is 31.9 Å². The monoisotopic (exact) mass is 276 g/mol. The third-order valence-electron chi connectivity index (χ3n) is 2.20. The van der Waals surface area contributed by atoms with Crippen LogP contribution >= 0.6 is 15.9 Å². The number of Topliss-reactive ketones (excluding diaryl/α,β-unsaturated/α-hetero) is 1. The van der Waals surface area contributed by atoms with Crippen LogP contribution in [0.15, 0.2) is 12.1 Å². The first-order valence-corrected chi connectivity index (χ1v) is 5.43. The van der Waals surface area contributed by atoms with Crippen molar-refractivity contribution < 1.29 is 13.6 Å². The molecule has 0 saturated carbocycles. The number of aryl methyl sites for hydroxylation is 1. The van der Waals surface area contributed by atoms with Crippen LogP contribution in [-0.4, -0.2) is 10.6 Å². The Kier molecular flexibility index (Phi) is 3.97. The molecule has 0 heterocycles. The third kappa shape index (κ3) is 2.84. The predicted octanol–water partition coefficient (Wildman–Crippen LogP) is 3.17. The second kappa shape index (κ2) is 4.84. The van der Waals surface area contributed by atoms with Crippen LogP contribution in [0.4, 0.5) is 8.78 Å².